The first-order valence-electron chi connectivity index (χ1n) is 9.42. The average Bonchev–Trinajstić information content (AvgIpc) is 2.65. The molecule has 8 heteroatoms. The molecule has 0 aromatic heterocycles. The van der Waals surface area contributed by atoms with E-state index < -0.39 is 10.0 Å². The summed E-state index contributed by atoms with van der Waals surface area (Å²) in [7, 11) is -0.774. The zero-order chi connectivity index (χ0) is 19.9. The lowest BCUT2D eigenvalue weighted by Crippen LogP contribution is -2.40. The summed E-state index contributed by atoms with van der Waals surface area (Å²) in [5.41, 5.74) is 0. The normalized spacial score (nSPS) is 18.4. The zero-order valence-electron chi connectivity index (χ0n) is 16.5. The van der Waals surface area contributed by atoms with E-state index in [0.717, 1.165) is 36.3 Å². The molecule has 0 bridgehead atoms. The van der Waals surface area contributed by atoms with Gasteiger partial charge in [0, 0.05) is 20.1 Å². The third-order valence-corrected chi connectivity index (χ3v) is 6.67. The maximum Gasteiger partial charge on any atom is 0.243 e. The highest BCUT2D eigenvalue weighted by Crippen LogP contribution is 2.18. The molecule has 1 unspecified atom stereocenters. The van der Waals surface area contributed by atoms with E-state index in [0.29, 0.717) is 12.3 Å². The third kappa shape index (κ3) is 6.48. The molecule has 1 aliphatic heterocycles. The van der Waals surface area contributed by atoms with Crippen LogP contribution in [0.1, 0.15) is 26.2 Å². The Morgan fingerprint density at radius 1 is 1.33 bits per heavy atom. The highest BCUT2D eigenvalue weighted by atomic mass is 32.2. The van der Waals surface area contributed by atoms with Gasteiger partial charge in [-0.3, -0.25) is 4.79 Å². The number of methoxy groups -OCH3 is 1. The molecule has 2 rings (SSSR count). The Bertz CT molecular complexity index is 706. The van der Waals surface area contributed by atoms with Crippen LogP contribution in [0.4, 0.5) is 0 Å². The maximum atomic E-state index is 12.5. The van der Waals surface area contributed by atoms with E-state index in [2.05, 4.69) is 17.1 Å². The Labute approximate surface area is 162 Å². The van der Waals surface area contributed by atoms with E-state index in [4.69, 9.17) is 4.74 Å². The van der Waals surface area contributed by atoms with Gasteiger partial charge in [-0.15, -0.1) is 0 Å². The van der Waals surface area contributed by atoms with Crippen LogP contribution in [0.25, 0.3) is 0 Å². The zero-order valence-corrected chi connectivity index (χ0v) is 17.3. The molecule has 7 nitrogen and oxygen atoms in total. The number of piperidine rings is 1. The van der Waals surface area contributed by atoms with Crippen LogP contribution in [0.5, 0.6) is 5.75 Å². The van der Waals surface area contributed by atoms with Crippen LogP contribution < -0.4 is 10.1 Å². The van der Waals surface area contributed by atoms with Crippen LogP contribution >= 0.6 is 0 Å². The van der Waals surface area contributed by atoms with E-state index in [1.54, 1.807) is 12.1 Å². The number of hydrogen-bond donors (Lipinski definition) is 1. The maximum absolute atomic E-state index is 12.5. The van der Waals surface area contributed by atoms with Crippen molar-refractivity contribution in [3.05, 3.63) is 24.3 Å². The number of likely N-dealkylation sites (tertiary alicyclic amines) is 1. The van der Waals surface area contributed by atoms with Crippen LogP contribution in [0.3, 0.4) is 0 Å². The van der Waals surface area contributed by atoms with Gasteiger partial charge in [0.05, 0.1) is 18.6 Å². The minimum atomic E-state index is -3.70. The van der Waals surface area contributed by atoms with Gasteiger partial charge in [0.25, 0.3) is 0 Å². The molecule has 0 aliphatic carbocycles. The molecule has 1 heterocycles. The van der Waals surface area contributed by atoms with Crippen molar-refractivity contribution >= 4 is 15.9 Å². The molecule has 1 amide bonds. The summed E-state index contributed by atoms with van der Waals surface area (Å²) in [6, 6.07) is 6.12. The lowest BCUT2D eigenvalue weighted by atomic mass is 10.0. The monoisotopic (exact) mass is 397 g/mol. The fourth-order valence-electron chi connectivity index (χ4n) is 3.29. The number of nitrogens with one attached hydrogen (secondary N) is 1. The summed E-state index contributed by atoms with van der Waals surface area (Å²) in [5, 5.41) is 2.81. The second kappa shape index (κ2) is 10.1. The Balaban J connectivity index is 1.75. The smallest absolute Gasteiger partial charge is 0.243 e. The number of likely N-dealkylation sites (N-methyl/N-ethyl adjacent to an activating group) is 1. The predicted octanol–water partition coefficient (Wildman–Crippen LogP) is 1.55. The molecule has 0 spiro atoms. The molecular weight excluding hydrogens is 366 g/mol. The Morgan fingerprint density at radius 3 is 2.67 bits per heavy atom. The second-order valence-corrected chi connectivity index (χ2v) is 9.23. The van der Waals surface area contributed by atoms with Gasteiger partial charge in [-0.2, -0.15) is 4.31 Å². The summed E-state index contributed by atoms with van der Waals surface area (Å²) in [5.74, 6) is 1.03. The summed E-state index contributed by atoms with van der Waals surface area (Å²) < 4.78 is 31.2. The van der Waals surface area contributed by atoms with E-state index in [9.17, 15) is 13.2 Å². The van der Waals surface area contributed by atoms with E-state index in [-0.39, 0.29) is 17.3 Å². The standard InChI is InChI=1S/C19H31N3O4S/c1-16-6-4-12-22(14-16)13-5-11-20-19(23)15-21(2)27(24,25)18-9-7-17(26-3)8-10-18/h7-10,16H,4-6,11-15H2,1-3H3,(H,20,23). The number of carbonyl (C=O) groups excluding carboxylic acids is 1. The molecule has 1 saturated heterocycles. The number of nitrogens with zero attached hydrogens (tertiary/aromatic N) is 2. The first-order chi connectivity index (χ1) is 12.8. The number of ether oxygens (including phenoxy) is 1. The van der Waals surface area contributed by atoms with Gasteiger partial charge in [-0.05, 0) is 62.5 Å². The summed E-state index contributed by atoms with van der Waals surface area (Å²) >= 11 is 0. The molecule has 1 aliphatic rings. The van der Waals surface area contributed by atoms with Crippen LogP contribution in [0.2, 0.25) is 0 Å². The Morgan fingerprint density at radius 2 is 2.04 bits per heavy atom. The number of amides is 1. The SMILES string of the molecule is COc1ccc(S(=O)(=O)N(C)CC(=O)NCCCN2CCCC(C)C2)cc1. The van der Waals surface area contributed by atoms with E-state index in [1.165, 1.54) is 39.1 Å². The topological polar surface area (TPSA) is 79.0 Å². The highest BCUT2D eigenvalue weighted by molar-refractivity contribution is 7.89. The minimum absolute atomic E-state index is 0.137. The Hall–Kier alpha value is -1.64. The average molecular weight is 398 g/mol. The first kappa shape index (κ1) is 21.7. The van der Waals surface area contributed by atoms with Gasteiger partial charge in [-0.25, -0.2) is 8.42 Å². The lowest BCUT2D eigenvalue weighted by molar-refractivity contribution is -0.121. The molecule has 1 aromatic carbocycles. The first-order valence-corrected chi connectivity index (χ1v) is 10.9. The second-order valence-electron chi connectivity index (χ2n) is 7.19. The lowest BCUT2D eigenvalue weighted by Gasteiger charge is -2.30. The number of benzene rings is 1. The molecule has 1 N–H and O–H groups in total. The third-order valence-electron chi connectivity index (χ3n) is 4.85. The number of hydrogen-bond acceptors (Lipinski definition) is 5. The van der Waals surface area contributed by atoms with Crippen LogP contribution in [-0.2, 0) is 14.8 Å². The van der Waals surface area contributed by atoms with Crippen molar-refractivity contribution in [3.63, 3.8) is 0 Å². The molecular formula is C19H31N3O4S. The van der Waals surface area contributed by atoms with Crippen LogP contribution in [0.15, 0.2) is 29.2 Å². The highest BCUT2D eigenvalue weighted by Gasteiger charge is 2.23. The summed E-state index contributed by atoms with van der Waals surface area (Å²) in [6.07, 6.45) is 3.40. The molecule has 152 valence electrons. The van der Waals surface area contributed by atoms with E-state index in [1.807, 2.05) is 0 Å². The van der Waals surface area contributed by atoms with Crippen LogP contribution in [0, 0.1) is 5.92 Å². The van der Waals surface area contributed by atoms with E-state index >= 15 is 0 Å². The Kier molecular flexibility index (Phi) is 8.07. The van der Waals surface area contributed by atoms with Crippen molar-refractivity contribution in [2.45, 2.75) is 31.1 Å². The quantitative estimate of drug-likeness (QED) is 0.640. The summed E-state index contributed by atoms with van der Waals surface area (Å²) in [6.45, 7) is 5.84. The fourth-order valence-corrected chi connectivity index (χ4v) is 4.42. The number of sulfonamides is 1. The molecule has 1 fully saturated rings. The van der Waals surface area contributed by atoms with Gasteiger partial charge in [0.15, 0.2) is 0 Å². The van der Waals surface area contributed by atoms with Gasteiger partial charge < -0.3 is 15.0 Å². The van der Waals surface area contributed by atoms with Crippen molar-refractivity contribution in [2.24, 2.45) is 5.92 Å². The minimum Gasteiger partial charge on any atom is -0.497 e. The molecule has 0 radical (unpaired) electrons. The van der Waals surface area contributed by atoms with Crippen LogP contribution in [-0.4, -0.2) is 70.4 Å². The van der Waals surface area contributed by atoms with Gasteiger partial charge in [0.1, 0.15) is 5.75 Å². The fraction of sp³-hybridized carbons (Fsp3) is 0.632. The summed E-state index contributed by atoms with van der Waals surface area (Å²) in [4.78, 5) is 14.7. The van der Waals surface area contributed by atoms with Gasteiger partial charge in [-0.1, -0.05) is 6.92 Å². The molecule has 0 saturated carbocycles. The van der Waals surface area contributed by atoms with Crippen molar-refractivity contribution < 1.29 is 17.9 Å². The number of carbonyl (C=O) groups is 1. The van der Waals surface area contributed by atoms with Crippen molar-refractivity contribution in [2.75, 3.05) is 46.9 Å². The molecule has 27 heavy (non-hydrogen) atoms. The van der Waals surface area contributed by atoms with Gasteiger partial charge >= 0.3 is 0 Å². The molecule has 1 atom stereocenters. The van der Waals surface area contributed by atoms with Gasteiger partial charge in [0.2, 0.25) is 15.9 Å². The predicted molar refractivity (Wildman–Crippen MR) is 105 cm³/mol. The number of rotatable bonds is 9. The largest absolute Gasteiger partial charge is 0.497 e. The van der Waals surface area contributed by atoms with Crippen molar-refractivity contribution in [3.8, 4) is 5.75 Å². The van der Waals surface area contributed by atoms with Crippen molar-refractivity contribution in [1.29, 1.82) is 0 Å². The van der Waals surface area contributed by atoms with Crippen molar-refractivity contribution in [1.82, 2.24) is 14.5 Å². The molecule has 1 aromatic rings.